The Balaban J connectivity index is 2.00. The summed E-state index contributed by atoms with van der Waals surface area (Å²) in [5, 5.41) is 9.88. The molecule has 1 aliphatic heterocycles. The average Bonchev–Trinajstić information content (AvgIpc) is 2.60. The van der Waals surface area contributed by atoms with Gasteiger partial charge in [0.25, 0.3) is 0 Å². The van der Waals surface area contributed by atoms with Crippen molar-refractivity contribution in [3.8, 4) is 0 Å². The lowest BCUT2D eigenvalue weighted by molar-refractivity contribution is -0.133. The maximum atomic E-state index is 11.7. The van der Waals surface area contributed by atoms with Gasteiger partial charge in [-0.15, -0.1) is 0 Å². The van der Waals surface area contributed by atoms with Crippen molar-refractivity contribution in [1.82, 2.24) is 4.90 Å². The van der Waals surface area contributed by atoms with Crippen LogP contribution in [0.25, 0.3) is 0 Å². The van der Waals surface area contributed by atoms with Gasteiger partial charge in [-0.25, -0.2) is 0 Å². The minimum Gasteiger partial charge on any atom is -0.391 e. The molecule has 15 heavy (non-hydrogen) atoms. The number of nitrogens with zero attached hydrogens (tertiary/aromatic N) is 1. The van der Waals surface area contributed by atoms with Crippen LogP contribution in [-0.2, 0) is 4.79 Å². The van der Waals surface area contributed by atoms with Crippen LogP contribution in [0.4, 0.5) is 0 Å². The number of likely N-dealkylation sites (tertiary alicyclic amines) is 1. The lowest BCUT2D eigenvalue weighted by atomic mass is 9.91. The summed E-state index contributed by atoms with van der Waals surface area (Å²) < 4.78 is 0. The molecule has 3 N–H and O–H groups in total. The van der Waals surface area contributed by atoms with Crippen LogP contribution in [0.1, 0.15) is 32.1 Å². The first-order valence-corrected chi connectivity index (χ1v) is 5.90. The van der Waals surface area contributed by atoms with Gasteiger partial charge in [0.15, 0.2) is 0 Å². The summed E-state index contributed by atoms with van der Waals surface area (Å²) in [4.78, 5) is 13.6. The summed E-state index contributed by atoms with van der Waals surface area (Å²) in [6.45, 7) is 1.32. The van der Waals surface area contributed by atoms with Crippen molar-refractivity contribution in [1.29, 1.82) is 0 Å². The maximum Gasteiger partial charge on any atom is 0.223 e. The molecular formula is C11H20N2O2. The molecule has 0 radical (unpaired) electrons. The Morgan fingerprint density at radius 3 is 2.73 bits per heavy atom. The van der Waals surface area contributed by atoms with E-state index >= 15 is 0 Å². The molecule has 0 aromatic heterocycles. The van der Waals surface area contributed by atoms with Gasteiger partial charge in [-0.05, 0) is 25.3 Å². The molecule has 1 unspecified atom stereocenters. The van der Waals surface area contributed by atoms with Crippen molar-refractivity contribution in [2.75, 3.05) is 13.1 Å². The summed E-state index contributed by atoms with van der Waals surface area (Å²) in [6.07, 6.45) is 4.24. The van der Waals surface area contributed by atoms with Crippen molar-refractivity contribution >= 4 is 5.91 Å². The van der Waals surface area contributed by atoms with Gasteiger partial charge in [0.1, 0.15) is 0 Å². The van der Waals surface area contributed by atoms with Crippen molar-refractivity contribution in [2.45, 2.75) is 44.2 Å². The number of hydrogen-bond acceptors (Lipinski definition) is 3. The van der Waals surface area contributed by atoms with Crippen LogP contribution in [0.2, 0.25) is 0 Å². The Morgan fingerprint density at radius 1 is 1.40 bits per heavy atom. The predicted octanol–water partition coefficient (Wildman–Crippen LogP) is 0.0971. The standard InChI is InChI=1S/C11H20N2O2/c12-6-8-5-11(15)13(7-8)9-3-1-2-4-10(9)14/h8-10,14H,1-7,12H2/t8?,9-,10-/m1/s1. The molecule has 1 heterocycles. The second-order valence-corrected chi connectivity index (χ2v) is 4.77. The number of rotatable bonds is 2. The van der Waals surface area contributed by atoms with Gasteiger partial charge in [0.05, 0.1) is 12.1 Å². The van der Waals surface area contributed by atoms with E-state index in [1.807, 2.05) is 4.90 Å². The Morgan fingerprint density at radius 2 is 2.13 bits per heavy atom. The summed E-state index contributed by atoms with van der Waals surface area (Å²) in [6, 6.07) is 0.0581. The number of carbonyl (C=O) groups is 1. The zero-order valence-electron chi connectivity index (χ0n) is 9.06. The molecule has 2 rings (SSSR count). The smallest absolute Gasteiger partial charge is 0.223 e. The van der Waals surface area contributed by atoms with E-state index in [0.29, 0.717) is 18.9 Å². The summed E-state index contributed by atoms with van der Waals surface area (Å²) in [5.74, 6) is 0.475. The third kappa shape index (κ3) is 2.16. The van der Waals surface area contributed by atoms with Crippen LogP contribution in [0.15, 0.2) is 0 Å². The largest absolute Gasteiger partial charge is 0.391 e. The Hall–Kier alpha value is -0.610. The first-order chi connectivity index (χ1) is 7.22. The van der Waals surface area contributed by atoms with Crippen LogP contribution in [0.3, 0.4) is 0 Å². The topological polar surface area (TPSA) is 66.6 Å². The Labute approximate surface area is 90.4 Å². The van der Waals surface area contributed by atoms with Crippen LogP contribution in [0, 0.1) is 5.92 Å². The van der Waals surface area contributed by atoms with E-state index < -0.39 is 0 Å². The molecule has 1 aliphatic carbocycles. The Kier molecular flexibility index (Phi) is 3.26. The molecule has 4 heteroatoms. The molecule has 1 saturated heterocycles. The van der Waals surface area contributed by atoms with E-state index in [4.69, 9.17) is 5.73 Å². The number of hydrogen-bond donors (Lipinski definition) is 2. The lowest BCUT2D eigenvalue weighted by Crippen LogP contribution is -2.46. The van der Waals surface area contributed by atoms with E-state index in [-0.39, 0.29) is 18.1 Å². The van der Waals surface area contributed by atoms with Crippen LogP contribution < -0.4 is 5.73 Å². The van der Waals surface area contributed by atoms with Crippen molar-refractivity contribution in [3.05, 3.63) is 0 Å². The molecule has 4 nitrogen and oxygen atoms in total. The van der Waals surface area contributed by atoms with Gasteiger partial charge in [-0.3, -0.25) is 4.79 Å². The fourth-order valence-electron chi connectivity index (χ4n) is 2.74. The van der Waals surface area contributed by atoms with Gasteiger partial charge < -0.3 is 15.7 Å². The van der Waals surface area contributed by atoms with E-state index in [1.165, 1.54) is 0 Å². The number of carbonyl (C=O) groups excluding carboxylic acids is 1. The molecule has 0 aromatic rings. The third-order valence-corrected chi connectivity index (χ3v) is 3.67. The number of amides is 1. The van der Waals surface area contributed by atoms with E-state index in [2.05, 4.69) is 0 Å². The van der Waals surface area contributed by atoms with Gasteiger partial charge in [-0.2, -0.15) is 0 Å². The molecular weight excluding hydrogens is 192 g/mol. The normalized spacial score (nSPS) is 37.3. The fraction of sp³-hybridized carbons (Fsp3) is 0.909. The monoisotopic (exact) mass is 212 g/mol. The van der Waals surface area contributed by atoms with Gasteiger partial charge in [0.2, 0.25) is 5.91 Å². The molecule has 1 saturated carbocycles. The third-order valence-electron chi connectivity index (χ3n) is 3.67. The summed E-state index contributed by atoms with van der Waals surface area (Å²) in [7, 11) is 0. The second kappa shape index (κ2) is 4.49. The quantitative estimate of drug-likeness (QED) is 0.682. The highest BCUT2D eigenvalue weighted by Crippen LogP contribution is 2.28. The molecule has 2 aliphatic rings. The molecule has 3 atom stereocenters. The van der Waals surface area contributed by atoms with E-state index in [9.17, 15) is 9.90 Å². The Bertz CT molecular complexity index is 245. The highest BCUT2D eigenvalue weighted by atomic mass is 16.3. The fourth-order valence-corrected chi connectivity index (χ4v) is 2.74. The zero-order valence-corrected chi connectivity index (χ0v) is 9.06. The first-order valence-electron chi connectivity index (χ1n) is 5.90. The van der Waals surface area contributed by atoms with E-state index in [0.717, 1.165) is 32.2 Å². The molecule has 86 valence electrons. The number of nitrogens with two attached hydrogens (primary N) is 1. The maximum absolute atomic E-state index is 11.7. The zero-order chi connectivity index (χ0) is 10.8. The molecule has 2 fully saturated rings. The van der Waals surface area contributed by atoms with Crippen LogP contribution in [0.5, 0.6) is 0 Å². The van der Waals surface area contributed by atoms with Crippen molar-refractivity contribution < 1.29 is 9.90 Å². The summed E-state index contributed by atoms with van der Waals surface area (Å²) in [5.41, 5.74) is 5.58. The first kappa shape index (κ1) is 10.9. The highest BCUT2D eigenvalue weighted by Gasteiger charge is 2.37. The minimum atomic E-state index is -0.320. The van der Waals surface area contributed by atoms with Crippen molar-refractivity contribution in [3.63, 3.8) is 0 Å². The predicted molar refractivity (Wildman–Crippen MR) is 57.1 cm³/mol. The number of aliphatic hydroxyl groups is 1. The number of aliphatic hydroxyl groups excluding tert-OH is 1. The van der Waals surface area contributed by atoms with E-state index in [1.54, 1.807) is 0 Å². The lowest BCUT2D eigenvalue weighted by Gasteiger charge is -2.35. The molecule has 0 bridgehead atoms. The summed E-state index contributed by atoms with van der Waals surface area (Å²) >= 11 is 0. The molecule has 1 amide bonds. The van der Waals surface area contributed by atoms with Crippen molar-refractivity contribution in [2.24, 2.45) is 11.7 Å². The van der Waals surface area contributed by atoms with Gasteiger partial charge in [-0.1, -0.05) is 12.8 Å². The van der Waals surface area contributed by atoms with Crippen LogP contribution >= 0.6 is 0 Å². The SMILES string of the molecule is NCC1CC(=O)N([C@@H]2CCCC[C@H]2O)C1. The molecule has 0 aromatic carbocycles. The second-order valence-electron chi connectivity index (χ2n) is 4.77. The highest BCUT2D eigenvalue weighted by molar-refractivity contribution is 5.79. The minimum absolute atomic E-state index is 0.0581. The van der Waals surface area contributed by atoms with Crippen LogP contribution in [-0.4, -0.2) is 41.1 Å². The average molecular weight is 212 g/mol. The van der Waals surface area contributed by atoms with Gasteiger partial charge >= 0.3 is 0 Å². The van der Waals surface area contributed by atoms with Gasteiger partial charge in [0, 0.05) is 13.0 Å². The molecule has 0 spiro atoms.